The summed E-state index contributed by atoms with van der Waals surface area (Å²) in [5, 5.41) is 48.2. The average molecular weight is 2130 g/mol. The van der Waals surface area contributed by atoms with Gasteiger partial charge in [0.2, 0.25) is 23.5 Å². The zero-order valence-corrected chi connectivity index (χ0v) is 86.0. The lowest BCUT2D eigenvalue weighted by molar-refractivity contribution is -0.160. The van der Waals surface area contributed by atoms with Gasteiger partial charge in [-0.2, -0.15) is 56.2 Å². The Bertz CT molecular complexity index is 6720. The summed E-state index contributed by atoms with van der Waals surface area (Å²) in [6.45, 7) is 33.9. The molecule has 0 spiro atoms. The van der Waals surface area contributed by atoms with Crippen molar-refractivity contribution in [2.24, 2.45) is 29.1 Å². The third kappa shape index (κ3) is 30.7. The smallest absolute Gasteiger partial charge is 0.411 e. The van der Waals surface area contributed by atoms with Crippen molar-refractivity contribution in [1.82, 2.24) is 59.9 Å². The molecule has 4 saturated heterocycles. The highest BCUT2D eigenvalue weighted by Crippen LogP contribution is 2.58. The number of β-amino-alcohol motifs (C(OH)–C–C–N with tert-alkyl or cyclic N) is 1. The van der Waals surface area contributed by atoms with Crippen molar-refractivity contribution in [3.05, 3.63) is 186 Å². The molecule has 45 heteroatoms. The second-order valence-corrected chi connectivity index (χ2v) is 38.2. The number of nitriles is 4. The second-order valence-electron chi connectivity index (χ2n) is 37.8. The molecule has 14 rings (SSSR count). The van der Waals surface area contributed by atoms with Gasteiger partial charge >= 0.3 is 65.7 Å². The first-order valence-electron chi connectivity index (χ1n) is 46.4. The number of methoxy groups -OCH3 is 4. The number of hydrogen-bond acceptors (Lipinski definition) is 32. The van der Waals surface area contributed by atoms with Gasteiger partial charge in [-0.1, -0.05) is 70.7 Å². The lowest BCUT2D eigenvalue weighted by Gasteiger charge is -2.34. The Kier molecular flexibility index (Phi) is 40.9. The number of fused-ring (bicyclic) bond motifs is 5. The molecular formula is C105H112Cl2F8N16O19. The van der Waals surface area contributed by atoms with Crippen LogP contribution in [0.5, 0.6) is 17.6 Å². The number of aliphatic hydroxyl groups excluding tert-OH is 1. The number of likely N-dealkylation sites (tertiary alicyclic amines) is 3. The van der Waals surface area contributed by atoms with Crippen LogP contribution in [0, 0.1) is 98.6 Å². The van der Waals surface area contributed by atoms with Crippen LogP contribution in [-0.2, 0) is 85.6 Å². The van der Waals surface area contributed by atoms with Gasteiger partial charge in [0.05, 0.1) is 157 Å². The summed E-state index contributed by atoms with van der Waals surface area (Å²) in [7, 11) is 4.88. The molecule has 4 aromatic carbocycles. The van der Waals surface area contributed by atoms with Crippen LogP contribution in [-0.4, -0.2) is 228 Å². The molecule has 4 aliphatic heterocycles. The first-order valence-corrected chi connectivity index (χ1v) is 46.8. The molecule has 3 amide bonds. The van der Waals surface area contributed by atoms with Crippen LogP contribution in [0.15, 0.2) is 136 Å². The Morgan fingerprint density at radius 3 is 1.23 bits per heavy atom. The fourth-order valence-corrected chi connectivity index (χ4v) is 16.8. The molecule has 13 atom stereocenters. The van der Waals surface area contributed by atoms with Crippen molar-refractivity contribution in [2.75, 3.05) is 54.6 Å². The van der Waals surface area contributed by atoms with Gasteiger partial charge in [0.1, 0.15) is 59.8 Å². The topological polar surface area (TPSA) is 469 Å². The number of halogens is 10. The fourth-order valence-electron chi connectivity index (χ4n) is 16.5. The van der Waals surface area contributed by atoms with Gasteiger partial charge in [-0.05, 0) is 206 Å². The maximum absolute atomic E-state index is 15.0. The number of terminal acetylenes is 1. The number of nitrogens with one attached hydrogen (secondary N) is 1. The van der Waals surface area contributed by atoms with E-state index >= 15 is 8.78 Å². The van der Waals surface area contributed by atoms with E-state index in [2.05, 4.69) is 105 Å². The van der Waals surface area contributed by atoms with E-state index in [1.54, 1.807) is 48.5 Å². The third-order valence-electron chi connectivity index (χ3n) is 23.9. The van der Waals surface area contributed by atoms with Crippen molar-refractivity contribution < 1.29 is 126 Å². The van der Waals surface area contributed by atoms with Crippen LogP contribution < -0.4 is 19.5 Å². The van der Waals surface area contributed by atoms with E-state index in [1.807, 2.05) is 51.1 Å². The van der Waals surface area contributed by atoms with Crippen LogP contribution in [0.1, 0.15) is 172 Å². The van der Waals surface area contributed by atoms with Gasteiger partial charge in [-0.25, -0.2) is 63.8 Å². The molecule has 0 unspecified atom stereocenters. The number of carbonyl (C=O) groups excluding carboxylic acids is 8. The van der Waals surface area contributed by atoms with Crippen molar-refractivity contribution >= 4 is 116 Å². The number of benzene rings is 4. The van der Waals surface area contributed by atoms with E-state index in [1.165, 1.54) is 111 Å². The molecule has 35 nitrogen and oxygen atoms in total. The lowest BCUT2D eigenvalue weighted by atomic mass is 9.77. The van der Waals surface area contributed by atoms with Crippen LogP contribution in [0.2, 0.25) is 5.15 Å². The Morgan fingerprint density at radius 1 is 0.500 bits per heavy atom. The summed E-state index contributed by atoms with van der Waals surface area (Å²) in [4.78, 5) is 136. The van der Waals surface area contributed by atoms with Gasteiger partial charge < -0.3 is 62.7 Å². The van der Waals surface area contributed by atoms with E-state index in [4.69, 9.17) is 71.7 Å². The van der Waals surface area contributed by atoms with E-state index in [0.29, 0.717) is 52.8 Å². The van der Waals surface area contributed by atoms with Gasteiger partial charge in [0.25, 0.3) is 0 Å². The molecule has 150 heavy (non-hydrogen) atoms. The Labute approximate surface area is 871 Å². The molecule has 4 aromatic heterocycles. The van der Waals surface area contributed by atoms with E-state index in [0.717, 1.165) is 30.6 Å². The second kappa shape index (κ2) is 51.1. The van der Waals surface area contributed by atoms with Crippen molar-refractivity contribution in [2.45, 2.75) is 217 Å². The van der Waals surface area contributed by atoms with E-state index < -0.39 is 182 Å². The number of aromatic nitrogens is 8. The van der Waals surface area contributed by atoms with Gasteiger partial charge in [0, 0.05) is 32.2 Å². The first kappa shape index (κ1) is 120. The molecule has 6 fully saturated rings. The third-order valence-corrected chi connectivity index (χ3v) is 24.2. The van der Waals surface area contributed by atoms with Crippen LogP contribution >= 0.6 is 24.0 Å². The summed E-state index contributed by atoms with van der Waals surface area (Å²) in [5.74, 6) is -11.1. The highest BCUT2D eigenvalue weighted by Gasteiger charge is 2.56. The van der Waals surface area contributed by atoms with Crippen LogP contribution in [0.4, 0.5) is 44.7 Å². The number of allylic oxidation sites excluding steroid dienone is 5. The van der Waals surface area contributed by atoms with Crippen LogP contribution in [0.3, 0.4) is 0 Å². The monoisotopic (exact) mass is 2120 g/mol. The zero-order chi connectivity index (χ0) is 111. The maximum atomic E-state index is 15.0. The molecule has 0 radical (unpaired) electrons. The highest BCUT2D eigenvalue weighted by atomic mass is 35.5. The molecule has 8 aromatic rings. The number of alkyl halides is 8. The molecule has 8 heterocycles. The minimum absolute atomic E-state index is 0. The summed E-state index contributed by atoms with van der Waals surface area (Å²) < 4.78 is 168. The standard InChI is InChI=1S/C36H42F2N4O6.C23H24F2N4O5.C18H16F2N4O3.C12H6ClF2N3.C11H19NO5.C5H4.ClH/c1-7-9-10-23-24-14-21(24)15-29(23)48-30(43)17-25(35(3,4)5)33(44)42-19-22(16-28(42)34(45)46-6)47-32-31(36(37,38)8-2)40-26-12-11-20(18-39)13-27(26)41-32;1-6-23(24,25)18-19(28-16-9-13(11-26)7-8-15(16)27-18)33-14-10-17(20(30)32-5)29(12-14)21(31)34-22(2,3)4;1-3-18(19,20)15-16(27-11-7-14(22-9-11)17(25)26-2)24-13-6-10(8-21)4-5-12(13)23-15;1-2-12(14,15)10-11(13)18-9-5-7(6-16)3-4-8(9)17-10;1-11(2,3)17-10(15)12-6-7(13)5-8(12)9(14)16-4;1-3-5-4-2;/h7-8,11-13,21-25,28-29H,1-2,9-10,14-17,19H2,3-6H3;6-9,14,17H,1,10,12H2,2-5H3;3-6,11,14,22H,1,7,9H2,2H3;2-5H,1H2;7-8,13H,5-6H2,1-4H3;1H,2H3;1H/t21-,22+,23+,24-,25+,28-,29+;14-,17+;11-,14+;;7-,8+;;/m011.1../s1. The summed E-state index contributed by atoms with van der Waals surface area (Å²) in [6.07, 6.45) is 7.50. The molecule has 0 bridgehead atoms. The predicted molar refractivity (Wildman–Crippen MR) is 531 cm³/mol. The fraction of sp³-hybridized carbons (Fsp3) is 0.448. The maximum Gasteiger partial charge on any atom is 0.411 e. The lowest BCUT2D eigenvalue weighted by Crippen LogP contribution is -2.48. The Morgan fingerprint density at radius 2 is 0.867 bits per heavy atom. The van der Waals surface area contributed by atoms with Gasteiger partial charge in [0.15, 0.2) is 27.9 Å². The number of aliphatic hydroxyl groups is 1. The molecule has 2 N–H and O–H groups in total. The number of rotatable bonds is 25. The highest BCUT2D eigenvalue weighted by molar-refractivity contribution is 6.30. The van der Waals surface area contributed by atoms with Crippen LogP contribution in [0.25, 0.3) is 44.1 Å². The number of ether oxygens (including phenoxy) is 10. The number of esters is 5. The number of carbonyl (C=O) groups is 8. The molecular weight excluding hydrogens is 2010 g/mol. The summed E-state index contributed by atoms with van der Waals surface area (Å²) in [6, 6.07) is 21.5. The summed E-state index contributed by atoms with van der Waals surface area (Å²) in [5.41, 5.74) is -2.27. The normalized spacial score (nSPS) is 20.1. The zero-order valence-electron chi connectivity index (χ0n) is 84.4. The minimum atomic E-state index is -3.62. The molecule has 796 valence electrons. The van der Waals surface area contributed by atoms with Crippen molar-refractivity contribution in [3.8, 4) is 66.1 Å². The van der Waals surface area contributed by atoms with Gasteiger partial charge in [-0.15, -0.1) is 25.4 Å². The van der Waals surface area contributed by atoms with Crippen molar-refractivity contribution in [1.29, 1.82) is 21.0 Å². The van der Waals surface area contributed by atoms with Crippen molar-refractivity contribution in [3.63, 3.8) is 0 Å². The SMILES string of the molecule is C#CC#CC.C=CC(F)(F)c1nc2ccc(C#N)cc2nc1Cl.C=CC(F)(F)c1nc2ccc(C#N)cc2nc1O[C@@H]1C[C@@H](C(=O)OC)N(C(=O)OC(C)(C)C)C1.C=CC(F)(F)c1nc2ccc(C#N)cc2nc1O[C@H]1CN[C@H](C(=O)OC)C1.C=CCC[C@@H]1[C@H]2C[C@H]2C[C@H]1OC(=O)C[C@H](C(=O)N1C[C@H](Oc2nc3cc(C#N)ccc3nc2C(F)(F)C=C)C[C@H]1C(=O)OC)C(C)(C)C.COC(=O)[C@@H]1C[C@@H](O)CN1C(=O)OC(C)(C)C.Cl. The molecule has 2 saturated carbocycles. The van der Waals surface area contributed by atoms with Gasteiger partial charge in [-0.3, -0.25) is 24.2 Å². The first-order chi connectivity index (χ1) is 70.1. The number of amides is 3. The Balaban J connectivity index is 0.000000236. The number of hydrogen-bond donors (Lipinski definition) is 2. The van der Waals surface area contributed by atoms with E-state index in [9.17, 15) is 75.1 Å². The minimum Gasteiger partial charge on any atom is -0.471 e. The quantitative estimate of drug-likeness (QED) is 0.0176. The molecule has 6 aliphatic rings. The largest absolute Gasteiger partial charge is 0.471 e. The average Bonchev–Trinajstić information content (AvgIpc) is 1.60. The Hall–Kier alpha value is -15.3. The summed E-state index contributed by atoms with van der Waals surface area (Å²) >= 11 is 5.68. The number of nitrogens with zero attached hydrogens (tertiary/aromatic N) is 15. The predicted octanol–water partition coefficient (Wildman–Crippen LogP) is 16.7. The van der Waals surface area contributed by atoms with E-state index in [-0.39, 0.29) is 138 Å². The molecule has 2 aliphatic carbocycles.